The number of nitrogens with zero attached hydrogens (tertiary/aromatic N) is 4. The lowest BCUT2D eigenvalue weighted by molar-refractivity contribution is -0.122. The first-order valence-corrected chi connectivity index (χ1v) is 15.1. The summed E-state index contributed by atoms with van der Waals surface area (Å²) in [6.45, 7) is 0. The number of aryl methyl sites for hydroxylation is 2. The zero-order valence-corrected chi connectivity index (χ0v) is 25.2. The van der Waals surface area contributed by atoms with Crippen LogP contribution in [0.2, 0.25) is 0 Å². The highest BCUT2D eigenvalue weighted by Gasteiger charge is 2.34. The van der Waals surface area contributed by atoms with Gasteiger partial charge in [0, 0.05) is 30.8 Å². The molecular formula is C38H32N4O3. The van der Waals surface area contributed by atoms with Gasteiger partial charge >= 0.3 is 0 Å². The quantitative estimate of drug-likeness (QED) is 0.280. The standard InChI is InChI=1S/C19H16N2O2.C19H16N2O/c1-21-18(13-6-3-2-4-7-13)20-17(19(21)23)14-11-10-12-8-5-9-15(22)16(12)14;1-21-18(14-8-3-2-4-9-14)20-17(19(21)22)16-12-11-13-7-5-6-10-15(13)16/h2-9,22H,10-11H2,1H3;2-10H,11-12H2,1H3/b17-14-;17-16-. The molecule has 0 fully saturated rings. The Kier molecular flexibility index (Phi) is 7.22. The van der Waals surface area contributed by atoms with Gasteiger partial charge in [-0.3, -0.25) is 19.4 Å². The number of amidine groups is 2. The predicted molar refractivity (Wildman–Crippen MR) is 177 cm³/mol. The van der Waals surface area contributed by atoms with Gasteiger partial charge in [0.1, 0.15) is 28.8 Å². The summed E-state index contributed by atoms with van der Waals surface area (Å²) in [6, 6.07) is 33.3. The van der Waals surface area contributed by atoms with Gasteiger partial charge in [-0.1, -0.05) is 97.1 Å². The van der Waals surface area contributed by atoms with Crippen LogP contribution < -0.4 is 0 Å². The zero-order valence-electron chi connectivity index (χ0n) is 25.2. The van der Waals surface area contributed by atoms with Crippen molar-refractivity contribution >= 4 is 34.6 Å². The van der Waals surface area contributed by atoms with Crippen LogP contribution in [0.5, 0.6) is 5.75 Å². The Morgan fingerprint density at radius 2 is 1.04 bits per heavy atom. The lowest BCUT2D eigenvalue weighted by atomic mass is 10.0. The molecule has 0 aromatic heterocycles. The second-order valence-corrected chi connectivity index (χ2v) is 11.5. The van der Waals surface area contributed by atoms with Gasteiger partial charge in [-0.2, -0.15) is 0 Å². The molecule has 8 rings (SSSR count). The average Bonchev–Trinajstić information content (AvgIpc) is 3.84. The Balaban J connectivity index is 0.000000145. The van der Waals surface area contributed by atoms with Crippen molar-refractivity contribution in [3.63, 3.8) is 0 Å². The van der Waals surface area contributed by atoms with E-state index in [1.54, 1.807) is 30.0 Å². The molecule has 45 heavy (non-hydrogen) atoms. The van der Waals surface area contributed by atoms with E-state index in [4.69, 9.17) is 0 Å². The number of hydrogen-bond donors (Lipinski definition) is 1. The lowest BCUT2D eigenvalue weighted by Gasteiger charge is -2.11. The van der Waals surface area contributed by atoms with Crippen molar-refractivity contribution in [2.75, 3.05) is 14.1 Å². The van der Waals surface area contributed by atoms with Gasteiger partial charge in [-0.15, -0.1) is 0 Å². The second kappa shape index (κ2) is 11.5. The molecule has 0 atom stereocenters. The fourth-order valence-electron chi connectivity index (χ4n) is 6.49. The summed E-state index contributed by atoms with van der Waals surface area (Å²) in [5, 5.41) is 10.2. The van der Waals surface area contributed by atoms with Crippen molar-refractivity contribution in [2.24, 2.45) is 9.98 Å². The molecule has 0 saturated carbocycles. The van der Waals surface area contributed by atoms with E-state index >= 15 is 0 Å². The number of rotatable bonds is 2. The van der Waals surface area contributed by atoms with E-state index in [1.165, 1.54) is 11.1 Å². The topological polar surface area (TPSA) is 85.6 Å². The minimum absolute atomic E-state index is 0.00874. The summed E-state index contributed by atoms with van der Waals surface area (Å²) in [5.41, 5.74) is 9.21. The number of amides is 2. The van der Waals surface area contributed by atoms with Crippen molar-refractivity contribution in [1.82, 2.24) is 9.80 Å². The number of aromatic hydroxyl groups is 1. The molecule has 7 nitrogen and oxygen atoms in total. The molecule has 2 aliphatic heterocycles. The SMILES string of the molecule is CN1C(=O)/C(=C2\CCc3cccc(O)c32)N=C1c1ccccc1.CN1C(=O)/C(=C2\CCc3ccccc32)N=C1c1ccccc1. The number of fused-ring (bicyclic) bond motifs is 2. The molecule has 0 radical (unpaired) electrons. The molecule has 2 amide bonds. The van der Waals surface area contributed by atoms with Crippen LogP contribution in [0, 0.1) is 0 Å². The molecule has 7 heteroatoms. The highest BCUT2D eigenvalue weighted by Crippen LogP contribution is 2.42. The van der Waals surface area contributed by atoms with Gasteiger partial charge in [0.05, 0.1) is 0 Å². The molecule has 4 aromatic carbocycles. The van der Waals surface area contributed by atoms with E-state index in [0.717, 1.165) is 64.9 Å². The summed E-state index contributed by atoms with van der Waals surface area (Å²) in [4.78, 5) is 37.8. The summed E-state index contributed by atoms with van der Waals surface area (Å²) >= 11 is 0. The van der Waals surface area contributed by atoms with Crippen LogP contribution in [0.4, 0.5) is 0 Å². The minimum Gasteiger partial charge on any atom is -0.507 e. The van der Waals surface area contributed by atoms with Gasteiger partial charge in [0.2, 0.25) is 0 Å². The number of likely N-dealkylation sites (N-methyl/N-ethyl adjacent to an activating group) is 2. The maximum absolute atomic E-state index is 12.7. The fraction of sp³-hybridized carbons (Fsp3) is 0.158. The van der Waals surface area contributed by atoms with E-state index in [2.05, 4.69) is 22.1 Å². The summed E-state index contributed by atoms with van der Waals surface area (Å²) in [6.07, 6.45) is 3.44. The Labute approximate surface area is 262 Å². The third kappa shape index (κ3) is 4.96. The van der Waals surface area contributed by atoms with Gasteiger partial charge < -0.3 is 5.11 Å². The predicted octanol–water partition coefficient (Wildman–Crippen LogP) is 6.23. The van der Waals surface area contributed by atoms with Gasteiger partial charge in [-0.25, -0.2) is 9.98 Å². The largest absolute Gasteiger partial charge is 0.507 e. The van der Waals surface area contributed by atoms with Gasteiger partial charge in [-0.05, 0) is 59.6 Å². The van der Waals surface area contributed by atoms with Crippen LogP contribution in [0.1, 0.15) is 46.2 Å². The summed E-state index contributed by atoms with van der Waals surface area (Å²) < 4.78 is 0. The highest BCUT2D eigenvalue weighted by molar-refractivity contribution is 6.21. The number of allylic oxidation sites excluding steroid dienone is 2. The molecule has 2 heterocycles. The number of aliphatic imine (C=N–C) groups is 2. The second-order valence-electron chi connectivity index (χ2n) is 11.5. The van der Waals surface area contributed by atoms with Crippen LogP contribution in [0.3, 0.4) is 0 Å². The third-order valence-corrected chi connectivity index (χ3v) is 8.78. The summed E-state index contributed by atoms with van der Waals surface area (Å²) in [5.74, 6) is 1.49. The fourth-order valence-corrected chi connectivity index (χ4v) is 6.49. The number of phenols is 1. The number of benzene rings is 4. The average molecular weight is 593 g/mol. The Morgan fingerprint density at radius 1 is 0.556 bits per heavy atom. The molecule has 1 N–H and O–H groups in total. The number of carbonyl (C=O) groups is 2. The van der Waals surface area contributed by atoms with Crippen LogP contribution in [-0.2, 0) is 22.4 Å². The molecule has 4 aliphatic rings. The number of carbonyl (C=O) groups excluding carboxylic acids is 2. The van der Waals surface area contributed by atoms with Crippen LogP contribution >= 0.6 is 0 Å². The molecule has 0 bridgehead atoms. The Hall–Kier alpha value is -5.56. The van der Waals surface area contributed by atoms with E-state index < -0.39 is 0 Å². The molecule has 222 valence electrons. The van der Waals surface area contributed by atoms with Gasteiger partial charge in [0.25, 0.3) is 11.8 Å². The van der Waals surface area contributed by atoms with Crippen molar-refractivity contribution in [1.29, 1.82) is 0 Å². The first-order chi connectivity index (χ1) is 21.9. The number of phenolic OH excluding ortho intramolecular Hbond substituents is 1. The van der Waals surface area contributed by atoms with Gasteiger partial charge in [0.15, 0.2) is 0 Å². The van der Waals surface area contributed by atoms with E-state index in [0.29, 0.717) is 17.2 Å². The monoisotopic (exact) mass is 592 g/mol. The minimum atomic E-state index is -0.116. The van der Waals surface area contributed by atoms with E-state index in [1.807, 2.05) is 84.9 Å². The van der Waals surface area contributed by atoms with E-state index in [-0.39, 0.29) is 17.6 Å². The van der Waals surface area contributed by atoms with Crippen LogP contribution in [0.15, 0.2) is 125 Å². The summed E-state index contributed by atoms with van der Waals surface area (Å²) in [7, 11) is 3.53. The molecule has 0 unspecified atom stereocenters. The van der Waals surface area contributed by atoms with Crippen molar-refractivity contribution < 1.29 is 14.7 Å². The van der Waals surface area contributed by atoms with Crippen LogP contribution in [0.25, 0.3) is 11.1 Å². The van der Waals surface area contributed by atoms with Crippen molar-refractivity contribution in [3.05, 3.63) is 148 Å². The first-order valence-electron chi connectivity index (χ1n) is 15.1. The lowest BCUT2D eigenvalue weighted by Crippen LogP contribution is -2.28. The van der Waals surface area contributed by atoms with Crippen molar-refractivity contribution in [3.8, 4) is 5.75 Å². The molecule has 2 aliphatic carbocycles. The first kappa shape index (κ1) is 28.2. The maximum atomic E-state index is 12.7. The highest BCUT2D eigenvalue weighted by atomic mass is 16.3. The molecule has 4 aromatic rings. The Bertz CT molecular complexity index is 1970. The Morgan fingerprint density at radius 3 is 1.67 bits per heavy atom. The number of hydrogen-bond acceptors (Lipinski definition) is 5. The molecule has 0 saturated heterocycles. The molecular weight excluding hydrogens is 560 g/mol. The molecule has 0 spiro atoms. The zero-order chi connectivity index (χ0) is 31.1. The van der Waals surface area contributed by atoms with E-state index in [9.17, 15) is 14.7 Å². The maximum Gasteiger partial charge on any atom is 0.278 e. The third-order valence-electron chi connectivity index (χ3n) is 8.78. The van der Waals surface area contributed by atoms with Crippen molar-refractivity contribution in [2.45, 2.75) is 25.7 Å². The smallest absolute Gasteiger partial charge is 0.278 e. The van der Waals surface area contributed by atoms with Crippen LogP contribution in [-0.4, -0.2) is 52.5 Å². The normalized spacial score (nSPS) is 20.1.